The summed E-state index contributed by atoms with van der Waals surface area (Å²) >= 11 is 0. The third-order valence-corrected chi connectivity index (χ3v) is 13.5. The van der Waals surface area contributed by atoms with E-state index in [4.69, 9.17) is 39.6 Å². The molecule has 0 atom stereocenters. The van der Waals surface area contributed by atoms with E-state index in [0.29, 0.717) is 40.9 Å². The van der Waals surface area contributed by atoms with Crippen molar-refractivity contribution in [1.82, 2.24) is 39.0 Å². The Labute approximate surface area is 416 Å². The Hall–Kier alpha value is -7.83. The number of anilines is 1. The second kappa shape index (κ2) is 21.3. The van der Waals surface area contributed by atoms with E-state index in [2.05, 4.69) is 79.4 Å². The van der Waals surface area contributed by atoms with Crippen molar-refractivity contribution in [2.45, 2.75) is 42.9 Å². The molecule has 10 aromatic rings. The van der Waals surface area contributed by atoms with Gasteiger partial charge in [-0.25, -0.2) is 33.3 Å². The first kappa shape index (κ1) is 47.8. The van der Waals surface area contributed by atoms with Crippen LogP contribution in [0.5, 0.6) is 11.5 Å². The summed E-state index contributed by atoms with van der Waals surface area (Å²) in [5.41, 5.74) is 10.8. The van der Waals surface area contributed by atoms with E-state index >= 15 is 0 Å². The van der Waals surface area contributed by atoms with Crippen LogP contribution in [0.1, 0.15) is 25.7 Å². The molecule has 0 unspecified atom stereocenters. The van der Waals surface area contributed by atoms with Crippen LogP contribution in [0.2, 0.25) is 0 Å². The molecule has 2 fully saturated rings. The lowest BCUT2D eigenvalue weighted by molar-refractivity contribution is 0.0866. The Morgan fingerprint density at radius 1 is 0.569 bits per heavy atom. The van der Waals surface area contributed by atoms with E-state index in [-0.39, 0.29) is 5.16 Å². The number of benzene rings is 6. The molecule has 0 bridgehead atoms. The average molecular weight is 983 g/mol. The van der Waals surface area contributed by atoms with Crippen molar-refractivity contribution in [2.24, 2.45) is 5.73 Å². The molecule has 0 saturated carbocycles. The molecule has 2 aliphatic heterocycles. The molecule has 72 heavy (non-hydrogen) atoms. The fourth-order valence-corrected chi connectivity index (χ4v) is 9.31. The predicted molar refractivity (Wildman–Crippen MR) is 281 cm³/mol. The minimum Gasteiger partial charge on any atom is -0.497 e. The van der Waals surface area contributed by atoms with E-state index in [1.165, 1.54) is 17.0 Å². The van der Waals surface area contributed by atoms with E-state index in [0.717, 1.165) is 114 Å². The Morgan fingerprint density at radius 3 is 1.54 bits per heavy atom. The third-order valence-electron chi connectivity index (χ3n) is 12.6. The fourth-order valence-electron chi connectivity index (χ4n) is 8.80. The fraction of sp³-hybridized carbons (Fsp3) is 0.236. The van der Waals surface area contributed by atoms with Crippen molar-refractivity contribution in [2.75, 3.05) is 52.2 Å². The monoisotopic (exact) mass is 982 g/mol. The summed E-state index contributed by atoms with van der Waals surface area (Å²) in [7, 11) is -0.292. The van der Waals surface area contributed by atoms with Gasteiger partial charge in [-0.05, 0) is 95.8 Å². The Morgan fingerprint density at radius 2 is 1.06 bits per heavy atom. The van der Waals surface area contributed by atoms with Crippen molar-refractivity contribution in [3.8, 4) is 45.9 Å². The smallest absolute Gasteiger partial charge is 0.248 e. The van der Waals surface area contributed by atoms with Crippen molar-refractivity contribution < 1.29 is 27.4 Å². The van der Waals surface area contributed by atoms with E-state index in [1.54, 1.807) is 26.5 Å². The van der Waals surface area contributed by atoms with Crippen LogP contribution in [-0.4, -0.2) is 106 Å². The maximum Gasteiger partial charge on any atom is 0.248 e. The Bertz CT molecular complexity index is 3650. The summed E-state index contributed by atoms with van der Waals surface area (Å²) < 4.78 is 49.3. The normalized spacial score (nSPS) is 14.4. The van der Waals surface area contributed by atoms with Crippen LogP contribution in [0.25, 0.3) is 78.0 Å². The number of aromatic nitrogens is 8. The predicted octanol–water partition coefficient (Wildman–Crippen LogP) is 9.41. The first-order valence-corrected chi connectivity index (χ1v) is 25.7. The van der Waals surface area contributed by atoms with Gasteiger partial charge in [-0.2, -0.15) is 4.98 Å². The van der Waals surface area contributed by atoms with Gasteiger partial charge in [-0.3, -0.25) is 9.13 Å². The molecular weight excluding hydrogens is 929 g/mol. The summed E-state index contributed by atoms with van der Waals surface area (Å²) in [6, 6.07) is 44.7. The maximum absolute atomic E-state index is 12.0. The van der Waals surface area contributed by atoms with Gasteiger partial charge in [0.1, 0.15) is 34.8 Å². The van der Waals surface area contributed by atoms with Gasteiger partial charge < -0.3 is 30.0 Å². The van der Waals surface area contributed by atoms with E-state index < -0.39 is 9.84 Å². The average Bonchev–Trinajstić information content (AvgIpc) is 4.00. The number of rotatable bonds is 9. The molecule has 0 spiro atoms. The van der Waals surface area contributed by atoms with Crippen LogP contribution in [0.3, 0.4) is 0 Å². The molecule has 6 heterocycles. The number of imidazole rings is 2. The van der Waals surface area contributed by atoms with Crippen LogP contribution in [0, 0.1) is 0 Å². The molecule has 12 rings (SSSR count). The van der Waals surface area contributed by atoms with E-state index in [9.17, 15) is 8.42 Å². The van der Waals surface area contributed by atoms with Crippen LogP contribution < -0.4 is 20.5 Å². The molecule has 0 aliphatic carbocycles. The van der Waals surface area contributed by atoms with Crippen molar-refractivity contribution in [3.05, 3.63) is 146 Å². The molecule has 6 aromatic carbocycles. The van der Waals surface area contributed by atoms with Crippen molar-refractivity contribution >= 4 is 59.4 Å². The topological polar surface area (TPSA) is 196 Å². The van der Waals surface area contributed by atoms with Crippen LogP contribution in [0.15, 0.2) is 151 Å². The van der Waals surface area contributed by atoms with Crippen molar-refractivity contribution in [1.29, 1.82) is 0 Å². The first-order valence-electron chi connectivity index (χ1n) is 23.8. The molecule has 2 aliphatic rings. The van der Waals surface area contributed by atoms with Gasteiger partial charge in [0.05, 0.1) is 36.3 Å². The number of nitrogens with one attached hydrogen (secondary N) is 1. The van der Waals surface area contributed by atoms with Crippen LogP contribution in [0.4, 0.5) is 5.95 Å². The zero-order chi connectivity index (χ0) is 49.6. The molecule has 0 amide bonds. The number of methoxy groups -OCH3 is 2. The number of hydrogen-bond acceptors (Lipinski definition) is 14. The van der Waals surface area contributed by atoms with Gasteiger partial charge in [0.25, 0.3) is 0 Å². The second-order valence-electron chi connectivity index (χ2n) is 17.6. The standard InChI is InChI=1S/C27H25N5O2.C23H18N4O3S.C5H11NO/c1-33-22-8-9-24-23(17-22)30-26(20-7-6-18-4-2-3-5-19(18)16-20)32(24)25-10-13-28-27(31-25)29-21-11-14-34-15-12-21;1-30-18-9-10-20-19(14-18)25-22(17-8-7-15-5-3-4-6-16(15)13-17)27(20)21-11-12-24-23(26-21)31(2,28)29;6-5-1-3-7-4-2-5/h2-10,13,16-17,21H,11-12,14-15H2,1H3,(H,28,29,31);3-14H,1-2H3;5H,1-4,6H2. The highest BCUT2D eigenvalue weighted by Gasteiger charge is 2.21. The highest BCUT2D eigenvalue weighted by Crippen LogP contribution is 2.34. The number of fused-ring (bicyclic) bond motifs is 4. The van der Waals surface area contributed by atoms with Crippen LogP contribution in [-0.2, 0) is 19.3 Å². The lowest BCUT2D eigenvalue weighted by atomic mass is 10.1. The molecule has 3 N–H and O–H groups in total. The molecule has 2 saturated heterocycles. The van der Waals surface area contributed by atoms with E-state index in [1.807, 2.05) is 77.4 Å². The van der Waals surface area contributed by atoms with Crippen molar-refractivity contribution in [3.63, 3.8) is 0 Å². The number of nitrogens with two attached hydrogens (primary N) is 1. The molecular formula is C55H54N10O6S. The van der Waals surface area contributed by atoms with Gasteiger partial charge in [-0.15, -0.1) is 0 Å². The summed E-state index contributed by atoms with van der Waals surface area (Å²) in [5, 5.41) is 7.81. The number of ether oxygens (including phenoxy) is 4. The lowest BCUT2D eigenvalue weighted by Crippen LogP contribution is -2.28. The molecule has 0 radical (unpaired) electrons. The lowest BCUT2D eigenvalue weighted by Gasteiger charge is -2.23. The highest BCUT2D eigenvalue weighted by atomic mass is 32.2. The molecule has 366 valence electrons. The Balaban J connectivity index is 0.000000146. The van der Waals surface area contributed by atoms with Gasteiger partial charge >= 0.3 is 0 Å². The van der Waals surface area contributed by atoms with Gasteiger partial charge in [0.2, 0.25) is 20.9 Å². The number of hydrogen-bond donors (Lipinski definition) is 2. The minimum atomic E-state index is -3.56. The summed E-state index contributed by atoms with van der Waals surface area (Å²) in [6.07, 6.45) is 8.31. The molecule has 17 heteroatoms. The quantitative estimate of drug-likeness (QED) is 0.130. The zero-order valence-corrected chi connectivity index (χ0v) is 41.0. The molecule has 4 aromatic heterocycles. The largest absolute Gasteiger partial charge is 0.497 e. The van der Waals surface area contributed by atoms with Gasteiger partial charge in [0, 0.05) is 80.4 Å². The first-order chi connectivity index (χ1) is 35.1. The van der Waals surface area contributed by atoms with Gasteiger partial charge in [-0.1, -0.05) is 72.8 Å². The SMILES string of the molecule is COc1ccc2c(c1)nc(-c1ccc3ccccc3c1)n2-c1ccnc(NC2CCOCC2)n1.COc1ccc2c(c1)nc(-c1ccc3ccccc3c1)n2-c1ccnc(S(C)(=O)=O)n1.NC1CCOCC1. The summed E-state index contributed by atoms with van der Waals surface area (Å²) in [5.74, 6) is 4.72. The summed E-state index contributed by atoms with van der Waals surface area (Å²) in [6.45, 7) is 3.25. The maximum atomic E-state index is 12.0. The molecule has 16 nitrogen and oxygen atoms in total. The zero-order valence-electron chi connectivity index (χ0n) is 40.2. The van der Waals surface area contributed by atoms with Gasteiger partial charge in [0.15, 0.2) is 0 Å². The van der Waals surface area contributed by atoms with Crippen LogP contribution >= 0.6 is 0 Å². The highest BCUT2D eigenvalue weighted by molar-refractivity contribution is 7.90. The number of nitrogens with zero attached hydrogens (tertiary/aromatic N) is 8. The number of sulfone groups is 1. The Kier molecular flexibility index (Phi) is 14.1. The summed E-state index contributed by atoms with van der Waals surface area (Å²) in [4.78, 5) is 27.4. The third kappa shape index (κ3) is 10.6. The second-order valence-corrected chi connectivity index (χ2v) is 19.5. The minimum absolute atomic E-state index is 0.232.